The third-order valence-electron chi connectivity index (χ3n) is 4.49. The van der Waals surface area contributed by atoms with Gasteiger partial charge in [-0.3, -0.25) is 0 Å². The molecule has 110 valence electrons. The van der Waals surface area contributed by atoms with Crippen molar-refractivity contribution in [2.45, 2.75) is 37.3 Å². The lowest BCUT2D eigenvalue weighted by Gasteiger charge is -2.36. The molecule has 0 bridgehead atoms. The molecular weight excluding hydrogens is 252 g/mol. The highest BCUT2D eigenvalue weighted by Gasteiger charge is 2.41. The fraction of sp³-hybridized carbons (Fsp3) is 0.562. The van der Waals surface area contributed by atoms with E-state index in [1.54, 1.807) is 7.05 Å². The van der Waals surface area contributed by atoms with Crippen LogP contribution in [0.2, 0.25) is 0 Å². The number of carboxylic acids is 1. The molecule has 0 aliphatic heterocycles. The zero-order valence-electron chi connectivity index (χ0n) is 12.3. The Morgan fingerprint density at radius 2 is 1.95 bits per heavy atom. The molecule has 0 saturated heterocycles. The number of hydrogen-bond acceptors (Lipinski definition) is 3. The van der Waals surface area contributed by atoms with Crippen LogP contribution < -0.4 is 5.32 Å². The van der Waals surface area contributed by atoms with Gasteiger partial charge in [0.25, 0.3) is 0 Å². The van der Waals surface area contributed by atoms with E-state index in [-0.39, 0.29) is 0 Å². The van der Waals surface area contributed by atoms with Crippen molar-refractivity contribution in [1.29, 1.82) is 0 Å². The lowest BCUT2D eigenvalue weighted by atomic mass is 9.89. The second kappa shape index (κ2) is 6.37. The fourth-order valence-corrected chi connectivity index (χ4v) is 3.18. The Hall–Kier alpha value is -1.39. The van der Waals surface area contributed by atoms with Crippen molar-refractivity contribution in [2.75, 3.05) is 20.6 Å². The van der Waals surface area contributed by atoms with Crippen LogP contribution in [-0.2, 0) is 10.3 Å². The van der Waals surface area contributed by atoms with Crippen LogP contribution in [0, 0.1) is 0 Å². The molecule has 0 radical (unpaired) electrons. The summed E-state index contributed by atoms with van der Waals surface area (Å²) in [5.74, 6) is -0.823. The summed E-state index contributed by atoms with van der Waals surface area (Å²) in [7, 11) is 3.76. The van der Waals surface area contributed by atoms with Gasteiger partial charge in [0.1, 0.15) is 0 Å². The maximum absolute atomic E-state index is 11.9. The molecule has 4 heteroatoms. The maximum Gasteiger partial charge on any atom is 0.329 e. The number of nitrogens with zero attached hydrogens (tertiary/aromatic N) is 1. The molecule has 1 aliphatic carbocycles. The number of carboxylic acid groups (broad SMARTS) is 1. The molecule has 0 amide bonds. The molecule has 2 N–H and O–H groups in total. The quantitative estimate of drug-likeness (QED) is 0.835. The zero-order valence-corrected chi connectivity index (χ0v) is 12.3. The summed E-state index contributed by atoms with van der Waals surface area (Å²) in [6.45, 7) is 0.480. The third kappa shape index (κ3) is 2.86. The molecule has 0 spiro atoms. The lowest BCUT2D eigenvalue weighted by molar-refractivity contribution is -0.146. The van der Waals surface area contributed by atoms with Crippen LogP contribution in [0.5, 0.6) is 0 Å². The first-order chi connectivity index (χ1) is 9.60. The van der Waals surface area contributed by atoms with Crippen molar-refractivity contribution in [2.24, 2.45) is 0 Å². The van der Waals surface area contributed by atoms with Gasteiger partial charge < -0.3 is 15.3 Å². The Bertz CT molecular complexity index is 443. The van der Waals surface area contributed by atoms with Gasteiger partial charge in [0.15, 0.2) is 5.54 Å². The highest BCUT2D eigenvalue weighted by atomic mass is 16.4. The second-order valence-electron chi connectivity index (χ2n) is 5.68. The number of likely N-dealkylation sites (N-methyl/N-ethyl adjacent to an activating group) is 2. The predicted octanol–water partition coefficient (Wildman–Crippen LogP) is 2.06. The Morgan fingerprint density at radius 1 is 1.35 bits per heavy atom. The number of nitrogens with one attached hydrogen (secondary N) is 1. The van der Waals surface area contributed by atoms with Crippen LogP contribution in [-0.4, -0.2) is 42.7 Å². The first-order valence-electron chi connectivity index (χ1n) is 7.28. The van der Waals surface area contributed by atoms with E-state index >= 15 is 0 Å². The lowest BCUT2D eigenvalue weighted by Crippen LogP contribution is -2.55. The Labute approximate surface area is 120 Å². The van der Waals surface area contributed by atoms with Gasteiger partial charge in [0.05, 0.1) is 0 Å². The largest absolute Gasteiger partial charge is 0.480 e. The highest BCUT2D eigenvalue weighted by molar-refractivity contribution is 5.81. The molecule has 20 heavy (non-hydrogen) atoms. The molecule has 4 nitrogen and oxygen atoms in total. The van der Waals surface area contributed by atoms with E-state index in [9.17, 15) is 9.90 Å². The molecule has 2 rings (SSSR count). The number of benzene rings is 1. The summed E-state index contributed by atoms with van der Waals surface area (Å²) in [4.78, 5) is 14.1. The molecule has 1 aromatic carbocycles. The molecule has 1 fully saturated rings. The normalized spacial score (nSPS) is 19.1. The molecule has 1 aromatic rings. The summed E-state index contributed by atoms with van der Waals surface area (Å²) in [6, 6.07) is 9.96. The topological polar surface area (TPSA) is 52.6 Å². The van der Waals surface area contributed by atoms with Crippen molar-refractivity contribution in [1.82, 2.24) is 10.2 Å². The SMILES string of the molecule is CNC(CN(C)C1CCCC1)(C(=O)O)c1ccccc1. The van der Waals surface area contributed by atoms with Crippen molar-refractivity contribution in [3.05, 3.63) is 35.9 Å². The van der Waals surface area contributed by atoms with Crippen molar-refractivity contribution in [3.63, 3.8) is 0 Å². The van der Waals surface area contributed by atoms with Gasteiger partial charge in [-0.15, -0.1) is 0 Å². The maximum atomic E-state index is 11.9. The Morgan fingerprint density at radius 3 is 2.45 bits per heavy atom. The summed E-state index contributed by atoms with van der Waals surface area (Å²) in [5, 5.41) is 12.8. The summed E-state index contributed by atoms with van der Waals surface area (Å²) >= 11 is 0. The summed E-state index contributed by atoms with van der Waals surface area (Å²) in [5.41, 5.74) is -0.238. The average Bonchev–Trinajstić information content (AvgIpc) is 2.99. The highest BCUT2D eigenvalue weighted by Crippen LogP contribution is 2.27. The van der Waals surface area contributed by atoms with Gasteiger partial charge in [-0.2, -0.15) is 0 Å². The first-order valence-corrected chi connectivity index (χ1v) is 7.28. The number of hydrogen-bond donors (Lipinski definition) is 2. The minimum atomic E-state index is -1.04. The summed E-state index contributed by atoms with van der Waals surface area (Å²) in [6.07, 6.45) is 4.84. The molecule has 1 saturated carbocycles. The third-order valence-corrected chi connectivity index (χ3v) is 4.49. The fourth-order valence-electron chi connectivity index (χ4n) is 3.18. The van der Waals surface area contributed by atoms with Gasteiger partial charge in [-0.25, -0.2) is 4.79 Å². The van der Waals surface area contributed by atoms with Crippen LogP contribution in [0.3, 0.4) is 0 Å². The number of aliphatic carboxylic acids is 1. The van der Waals surface area contributed by atoms with E-state index in [1.807, 2.05) is 37.4 Å². The van der Waals surface area contributed by atoms with Crippen LogP contribution in [0.25, 0.3) is 0 Å². The molecule has 1 unspecified atom stereocenters. The second-order valence-corrected chi connectivity index (χ2v) is 5.68. The summed E-state index contributed by atoms with van der Waals surface area (Å²) < 4.78 is 0. The van der Waals surface area contributed by atoms with E-state index < -0.39 is 11.5 Å². The van der Waals surface area contributed by atoms with E-state index in [4.69, 9.17) is 0 Å². The molecule has 0 heterocycles. The van der Waals surface area contributed by atoms with Gasteiger partial charge in [-0.1, -0.05) is 43.2 Å². The van der Waals surface area contributed by atoms with Gasteiger partial charge >= 0.3 is 5.97 Å². The number of carbonyl (C=O) groups is 1. The Balaban J connectivity index is 2.25. The van der Waals surface area contributed by atoms with E-state index in [0.717, 1.165) is 5.56 Å². The average molecular weight is 276 g/mol. The van der Waals surface area contributed by atoms with Crippen molar-refractivity contribution >= 4 is 5.97 Å². The molecular formula is C16H24N2O2. The molecule has 0 aromatic heterocycles. The standard InChI is InChI=1S/C16H24N2O2/c1-17-16(15(19)20,13-8-4-3-5-9-13)12-18(2)14-10-6-7-11-14/h3-5,8-9,14,17H,6-7,10-12H2,1-2H3,(H,19,20). The smallest absolute Gasteiger partial charge is 0.329 e. The predicted molar refractivity (Wildman–Crippen MR) is 79.7 cm³/mol. The van der Waals surface area contributed by atoms with Gasteiger partial charge in [-0.05, 0) is 32.5 Å². The van der Waals surface area contributed by atoms with Crippen LogP contribution in [0.15, 0.2) is 30.3 Å². The van der Waals surface area contributed by atoms with Crippen molar-refractivity contribution < 1.29 is 9.90 Å². The van der Waals surface area contributed by atoms with E-state index in [2.05, 4.69) is 10.2 Å². The van der Waals surface area contributed by atoms with E-state index in [0.29, 0.717) is 12.6 Å². The van der Waals surface area contributed by atoms with Crippen LogP contribution >= 0.6 is 0 Å². The van der Waals surface area contributed by atoms with Crippen molar-refractivity contribution in [3.8, 4) is 0 Å². The number of rotatable bonds is 6. The monoisotopic (exact) mass is 276 g/mol. The van der Waals surface area contributed by atoms with Gasteiger partial charge in [0.2, 0.25) is 0 Å². The van der Waals surface area contributed by atoms with Crippen LogP contribution in [0.1, 0.15) is 31.2 Å². The molecule has 1 atom stereocenters. The molecule has 1 aliphatic rings. The van der Waals surface area contributed by atoms with E-state index in [1.165, 1.54) is 25.7 Å². The van der Waals surface area contributed by atoms with Crippen LogP contribution in [0.4, 0.5) is 0 Å². The minimum absolute atomic E-state index is 0.480. The van der Waals surface area contributed by atoms with Gasteiger partial charge in [0, 0.05) is 12.6 Å². The zero-order chi connectivity index (χ0) is 14.6. The Kier molecular flexibility index (Phi) is 4.78. The minimum Gasteiger partial charge on any atom is -0.480 e. The first kappa shape index (κ1) is 15.0.